The van der Waals surface area contributed by atoms with Gasteiger partial charge in [-0.05, 0) is 56.3 Å². The number of rotatable bonds is 1. The minimum atomic E-state index is -0.272. The van der Waals surface area contributed by atoms with Gasteiger partial charge in [0.05, 0.1) is 6.01 Å². The molecule has 4 fully saturated rings. The predicted molar refractivity (Wildman–Crippen MR) is 55.7 cm³/mol. The Bertz CT molecular complexity index is 396. The van der Waals surface area contributed by atoms with Gasteiger partial charge < -0.3 is 5.11 Å². The summed E-state index contributed by atoms with van der Waals surface area (Å²) in [6.45, 7) is 0. The molecule has 0 radical (unpaired) electrons. The third-order valence-corrected chi connectivity index (χ3v) is 4.98. The second kappa shape index (κ2) is 3.97. The van der Waals surface area contributed by atoms with E-state index in [-0.39, 0.29) is 41.0 Å². The molecule has 1 N–H and O–H groups in total. The van der Waals surface area contributed by atoms with Gasteiger partial charge >= 0.3 is 29.6 Å². The molecule has 0 atom stereocenters. The molecule has 17 heavy (non-hydrogen) atoms. The molecule has 1 aromatic heterocycles. The quantitative estimate of drug-likeness (QED) is 0.599. The van der Waals surface area contributed by atoms with Gasteiger partial charge in [-0.15, -0.1) is 0 Å². The minimum absolute atomic E-state index is 0. The number of nitrogens with one attached hydrogen (secondary N) is 1. The van der Waals surface area contributed by atoms with Gasteiger partial charge in [-0.1, -0.05) is 0 Å². The number of H-pyrrole nitrogens is 1. The van der Waals surface area contributed by atoms with Crippen molar-refractivity contribution in [1.82, 2.24) is 15.2 Å². The fourth-order valence-corrected chi connectivity index (χ4v) is 4.87. The van der Waals surface area contributed by atoms with Crippen molar-refractivity contribution in [3.05, 3.63) is 5.82 Å². The summed E-state index contributed by atoms with van der Waals surface area (Å²) in [7, 11) is 0. The molecule has 4 aliphatic rings. The number of nitrogens with zero attached hydrogens (tertiary/aromatic N) is 2. The van der Waals surface area contributed by atoms with E-state index in [2.05, 4.69) is 15.2 Å². The van der Waals surface area contributed by atoms with Crippen LogP contribution in [0.15, 0.2) is 0 Å². The number of aromatic nitrogens is 3. The van der Waals surface area contributed by atoms with Gasteiger partial charge in [-0.25, -0.2) is 4.98 Å². The van der Waals surface area contributed by atoms with Crippen LogP contribution in [0.4, 0.5) is 0 Å². The molecule has 5 heteroatoms. The molecule has 86 valence electrons. The summed E-state index contributed by atoms with van der Waals surface area (Å²) in [4.78, 5) is 4.08. The Morgan fingerprint density at radius 1 is 1.06 bits per heavy atom. The molecule has 1 heterocycles. The standard InChI is InChI=1S/C12H17N3O.Na/c16-11-13-10(14-15-11)12-4-7-1-8(5-12)3-9(2-7)6-12;/h7-9H,1-6H2,(H2,13,14,15,16);/q;+1/p-1. The monoisotopic (exact) mass is 241 g/mol. The van der Waals surface area contributed by atoms with Crippen LogP contribution in [0.5, 0.6) is 6.01 Å². The van der Waals surface area contributed by atoms with Crippen LogP contribution in [0.25, 0.3) is 0 Å². The largest absolute Gasteiger partial charge is 1.00 e. The molecule has 4 bridgehead atoms. The van der Waals surface area contributed by atoms with E-state index in [9.17, 15) is 5.11 Å². The summed E-state index contributed by atoms with van der Waals surface area (Å²) < 4.78 is 0. The summed E-state index contributed by atoms with van der Waals surface area (Å²) >= 11 is 0. The van der Waals surface area contributed by atoms with E-state index in [1.165, 1.54) is 38.5 Å². The van der Waals surface area contributed by atoms with Crippen LogP contribution in [0, 0.1) is 17.8 Å². The summed E-state index contributed by atoms with van der Waals surface area (Å²) in [6, 6.07) is -0.272. The van der Waals surface area contributed by atoms with E-state index in [1.807, 2.05) is 0 Å². The van der Waals surface area contributed by atoms with Gasteiger partial charge in [0.1, 0.15) is 0 Å². The van der Waals surface area contributed by atoms with Gasteiger partial charge in [0, 0.05) is 5.41 Å². The van der Waals surface area contributed by atoms with Gasteiger partial charge in [-0.3, -0.25) is 5.10 Å². The molecular weight excluding hydrogens is 225 g/mol. The van der Waals surface area contributed by atoms with Gasteiger partial charge in [0.15, 0.2) is 5.82 Å². The van der Waals surface area contributed by atoms with Crippen molar-refractivity contribution in [2.45, 2.75) is 43.9 Å². The summed E-state index contributed by atoms with van der Waals surface area (Å²) in [6.07, 6.45) is 7.89. The zero-order chi connectivity index (χ0) is 10.8. The van der Waals surface area contributed by atoms with Gasteiger partial charge in [0.2, 0.25) is 0 Å². The summed E-state index contributed by atoms with van der Waals surface area (Å²) in [5, 5.41) is 17.8. The van der Waals surface area contributed by atoms with E-state index in [4.69, 9.17) is 0 Å². The third-order valence-electron chi connectivity index (χ3n) is 4.98. The van der Waals surface area contributed by atoms with E-state index in [1.54, 1.807) is 0 Å². The first kappa shape index (κ1) is 12.0. The van der Waals surface area contributed by atoms with Crippen LogP contribution >= 0.6 is 0 Å². The Morgan fingerprint density at radius 3 is 2.00 bits per heavy atom. The molecule has 1 aromatic rings. The first-order chi connectivity index (χ1) is 7.73. The van der Waals surface area contributed by atoms with Crippen LogP contribution in [-0.2, 0) is 5.41 Å². The van der Waals surface area contributed by atoms with Crippen LogP contribution in [0.3, 0.4) is 0 Å². The smallest absolute Gasteiger partial charge is 0.845 e. The second-order valence-corrected chi connectivity index (χ2v) is 6.16. The number of aromatic amines is 1. The maximum Gasteiger partial charge on any atom is 1.00 e. The normalized spacial score (nSPS) is 42.5. The van der Waals surface area contributed by atoms with E-state index >= 15 is 0 Å². The Hall–Kier alpha value is -0.0600. The molecule has 0 aromatic carbocycles. The van der Waals surface area contributed by atoms with Crippen molar-refractivity contribution >= 4 is 0 Å². The molecule has 5 rings (SSSR count). The number of hydrogen-bond acceptors (Lipinski definition) is 3. The van der Waals surface area contributed by atoms with Gasteiger partial charge in [0.25, 0.3) is 0 Å². The molecule has 4 saturated carbocycles. The van der Waals surface area contributed by atoms with Crippen molar-refractivity contribution in [3.63, 3.8) is 0 Å². The molecule has 0 aliphatic heterocycles. The van der Waals surface area contributed by atoms with E-state index < -0.39 is 0 Å². The average molecular weight is 241 g/mol. The van der Waals surface area contributed by atoms with Crippen molar-refractivity contribution in [2.24, 2.45) is 17.8 Å². The van der Waals surface area contributed by atoms with Crippen LogP contribution < -0.4 is 34.7 Å². The Labute approximate surface area is 123 Å². The van der Waals surface area contributed by atoms with Crippen molar-refractivity contribution in [2.75, 3.05) is 0 Å². The Kier molecular flexibility index (Phi) is 2.80. The summed E-state index contributed by atoms with van der Waals surface area (Å²) in [5.41, 5.74) is 0.161. The predicted octanol–water partition coefficient (Wildman–Crippen LogP) is -1.65. The average Bonchev–Trinajstić information content (AvgIpc) is 2.63. The summed E-state index contributed by atoms with van der Waals surface area (Å²) in [5.74, 6) is 3.44. The second-order valence-electron chi connectivity index (χ2n) is 6.16. The molecule has 0 amide bonds. The zero-order valence-corrected chi connectivity index (χ0v) is 12.3. The SMILES string of the molecule is [Na+].[O-]c1nc(C23CC4CC(CC(C4)C2)C3)n[nH]1. The fourth-order valence-electron chi connectivity index (χ4n) is 4.87. The van der Waals surface area contributed by atoms with Crippen LogP contribution in [0.2, 0.25) is 0 Å². The molecule has 0 unspecified atom stereocenters. The molecule has 4 nitrogen and oxygen atoms in total. The van der Waals surface area contributed by atoms with Crippen molar-refractivity contribution < 1.29 is 34.7 Å². The number of hydrogen-bond donors (Lipinski definition) is 1. The molecule has 0 saturated heterocycles. The molecule has 4 aliphatic carbocycles. The maximum atomic E-state index is 11.2. The van der Waals surface area contributed by atoms with E-state index in [0.717, 1.165) is 23.6 Å². The maximum absolute atomic E-state index is 11.2. The first-order valence-electron chi connectivity index (χ1n) is 6.33. The van der Waals surface area contributed by atoms with Crippen LogP contribution in [0.1, 0.15) is 44.3 Å². The topological polar surface area (TPSA) is 64.6 Å². The Balaban J connectivity index is 0.000000902. The fraction of sp³-hybridized carbons (Fsp3) is 0.833. The molecular formula is C12H16N3NaO. The van der Waals surface area contributed by atoms with Crippen molar-refractivity contribution in [1.29, 1.82) is 0 Å². The zero-order valence-electron chi connectivity index (χ0n) is 10.3. The van der Waals surface area contributed by atoms with Gasteiger partial charge in [-0.2, -0.15) is 5.10 Å². The van der Waals surface area contributed by atoms with Crippen molar-refractivity contribution in [3.8, 4) is 6.01 Å². The minimum Gasteiger partial charge on any atom is -0.845 e. The Morgan fingerprint density at radius 2 is 1.59 bits per heavy atom. The van der Waals surface area contributed by atoms with Crippen LogP contribution in [-0.4, -0.2) is 15.2 Å². The third kappa shape index (κ3) is 1.76. The van der Waals surface area contributed by atoms with E-state index in [0.29, 0.717) is 0 Å². The first-order valence-corrected chi connectivity index (χ1v) is 6.33. The molecule has 0 spiro atoms.